The molecule has 104 valence electrons. The number of nitrogens with zero attached hydrogens (tertiary/aromatic N) is 1. The topological polar surface area (TPSA) is 28.4 Å². The van der Waals surface area contributed by atoms with Crippen molar-refractivity contribution < 1.29 is 4.42 Å². The van der Waals surface area contributed by atoms with Gasteiger partial charge in [0, 0.05) is 6.54 Å². The maximum atomic E-state index is 5.79. The fraction of sp³-hybridized carbons (Fsp3) is 0.429. The lowest BCUT2D eigenvalue weighted by atomic mass is 10.3. The lowest BCUT2D eigenvalue weighted by Crippen LogP contribution is -2.16. The standard InChI is InChI=1S/C14H19BrN2OS/c1-3-16-7-12-4-5-13(18-12)9-17(2)8-11-6-14(15)19-10-11/h4-6,10,16H,3,7-9H2,1-2H3. The Hall–Kier alpha value is -0.620. The van der Waals surface area contributed by atoms with E-state index < -0.39 is 0 Å². The zero-order valence-corrected chi connectivity index (χ0v) is 13.7. The SMILES string of the molecule is CCNCc1ccc(CN(C)Cc2csc(Br)c2)o1. The molecule has 0 aromatic carbocycles. The molecule has 2 rings (SSSR count). The van der Waals surface area contributed by atoms with E-state index in [0.717, 1.165) is 37.7 Å². The van der Waals surface area contributed by atoms with Gasteiger partial charge in [0.15, 0.2) is 0 Å². The van der Waals surface area contributed by atoms with Crippen LogP contribution in [0, 0.1) is 0 Å². The number of thiophene rings is 1. The summed E-state index contributed by atoms with van der Waals surface area (Å²) < 4.78 is 6.97. The molecule has 0 spiro atoms. The third-order valence-corrected chi connectivity index (χ3v) is 4.32. The number of furan rings is 1. The second-order valence-corrected chi connectivity index (χ2v) is 6.87. The van der Waals surface area contributed by atoms with Crippen molar-refractivity contribution in [3.8, 4) is 0 Å². The second kappa shape index (κ2) is 7.24. The van der Waals surface area contributed by atoms with Crippen molar-refractivity contribution in [2.45, 2.75) is 26.6 Å². The van der Waals surface area contributed by atoms with E-state index in [0.29, 0.717) is 0 Å². The van der Waals surface area contributed by atoms with Crippen LogP contribution in [0.2, 0.25) is 0 Å². The van der Waals surface area contributed by atoms with Crippen LogP contribution in [-0.2, 0) is 19.6 Å². The molecule has 3 nitrogen and oxygen atoms in total. The first-order valence-corrected chi connectivity index (χ1v) is 8.04. The van der Waals surface area contributed by atoms with Gasteiger partial charge in [-0.1, -0.05) is 6.92 Å². The van der Waals surface area contributed by atoms with Crippen LogP contribution in [-0.4, -0.2) is 18.5 Å². The Kier molecular flexibility index (Phi) is 5.63. The third-order valence-electron chi connectivity index (χ3n) is 2.77. The predicted octanol–water partition coefficient (Wildman–Crippen LogP) is 3.85. The predicted molar refractivity (Wildman–Crippen MR) is 83.3 cm³/mol. The van der Waals surface area contributed by atoms with Crippen molar-refractivity contribution in [1.29, 1.82) is 0 Å². The molecule has 0 radical (unpaired) electrons. The minimum Gasteiger partial charge on any atom is -0.463 e. The summed E-state index contributed by atoms with van der Waals surface area (Å²) in [5.41, 5.74) is 1.33. The number of nitrogens with one attached hydrogen (secondary N) is 1. The molecular weight excluding hydrogens is 324 g/mol. The Balaban J connectivity index is 1.84. The molecule has 5 heteroatoms. The molecule has 0 aliphatic carbocycles. The number of hydrogen-bond acceptors (Lipinski definition) is 4. The Morgan fingerprint density at radius 3 is 2.79 bits per heavy atom. The highest BCUT2D eigenvalue weighted by atomic mass is 79.9. The van der Waals surface area contributed by atoms with Crippen LogP contribution < -0.4 is 5.32 Å². The lowest BCUT2D eigenvalue weighted by molar-refractivity contribution is 0.283. The summed E-state index contributed by atoms with van der Waals surface area (Å²) in [6.07, 6.45) is 0. The minimum atomic E-state index is 0.803. The summed E-state index contributed by atoms with van der Waals surface area (Å²) in [5.74, 6) is 2.02. The first kappa shape index (κ1) is 14.8. The van der Waals surface area contributed by atoms with Crippen LogP contribution in [0.3, 0.4) is 0 Å². The molecule has 2 aromatic rings. The Bertz CT molecular complexity index is 509. The van der Waals surface area contributed by atoms with Gasteiger partial charge < -0.3 is 9.73 Å². The van der Waals surface area contributed by atoms with Gasteiger partial charge in [-0.3, -0.25) is 4.90 Å². The first-order valence-electron chi connectivity index (χ1n) is 6.37. The number of rotatable bonds is 7. The summed E-state index contributed by atoms with van der Waals surface area (Å²) in [5, 5.41) is 5.44. The molecule has 0 unspecified atom stereocenters. The normalized spacial score (nSPS) is 11.4. The van der Waals surface area contributed by atoms with Crippen LogP contribution in [0.4, 0.5) is 0 Å². The van der Waals surface area contributed by atoms with Gasteiger partial charge in [0.05, 0.1) is 16.9 Å². The van der Waals surface area contributed by atoms with Gasteiger partial charge >= 0.3 is 0 Å². The molecule has 0 saturated heterocycles. The van der Waals surface area contributed by atoms with Crippen LogP contribution in [0.5, 0.6) is 0 Å². The molecule has 1 N–H and O–H groups in total. The van der Waals surface area contributed by atoms with Gasteiger partial charge in [0.25, 0.3) is 0 Å². The van der Waals surface area contributed by atoms with E-state index in [1.807, 2.05) is 6.07 Å². The van der Waals surface area contributed by atoms with E-state index in [9.17, 15) is 0 Å². The maximum absolute atomic E-state index is 5.79. The molecule has 0 amide bonds. The van der Waals surface area contributed by atoms with E-state index >= 15 is 0 Å². The molecule has 0 fully saturated rings. The van der Waals surface area contributed by atoms with Crippen molar-refractivity contribution >= 4 is 27.3 Å². The van der Waals surface area contributed by atoms with Gasteiger partial charge in [0.1, 0.15) is 11.5 Å². The Labute approximate surface area is 126 Å². The quantitative estimate of drug-likeness (QED) is 0.828. The summed E-state index contributed by atoms with van der Waals surface area (Å²) in [4.78, 5) is 2.25. The van der Waals surface area contributed by atoms with Gasteiger partial charge in [-0.15, -0.1) is 11.3 Å². The smallest absolute Gasteiger partial charge is 0.118 e. The van der Waals surface area contributed by atoms with E-state index in [1.165, 1.54) is 9.35 Å². The Morgan fingerprint density at radius 2 is 2.11 bits per heavy atom. The summed E-state index contributed by atoms with van der Waals surface area (Å²) >= 11 is 5.21. The highest BCUT2D eigenvalue weighted by molar-refractivity contribution is 9.11. The lowest BCUT2D eigenvalue weighted by Gasteiger charge is -2.13. The first-order chi connectivity index (χ1) is 9.17. The summed E-state index contributed by atoms with van der Waals surface area (Å²) in [6.45, 7) is 5.63. The van der Waals surface area contributed by atoms with Crippen molar-refractivity contribution in [1.82, 2.24) is 10.2 Å². The van der Waals surface area contributed by atoms with Crippen LogP contribution in [0.25, 0.3) is 0 Å². The third kappa shape index (κ3) is 4.76. The Morgan fingerprint density at radius 1 is 1.32 bits per heavy atom. The number of hydrogen-bond donors (Lipinski definition) is 1. The maximum Gasteiger partial charge on any atom is 0.118 e. The van der Waals surface area contributed by atoms with Crippen molar-refractivity contribution in [2.24, 2.45) is 0 Å². The molecule has 2 aromatic heterocycles. The highest BCUT2D eigenvalue weighted by Gasteiger charge is 2.07. The summed E-state index contributed by atoms with van der Waals surface area (Å²) in [7, 11) is 2.11. The van der Waals surface area contributed by atoms with Gasteiger partial charge in [-0.25, -0.2) is 0 Å². The molecule has 0 bridgehead atoms. The molecule has 0 aliphatic heterocycles. The van der Waals surface area contributed by atoms with Crippen LogP contribution in [0.15, 0.2) is 31.8 Å². The molecule has 0 atom stereocenters. The van der Waals surface area contributed by atoms with Crippen molar-refractivity contribution in [3.05, 3.63) is 44.4 Å². The second-order valence-electron chi connectivity index (χ2n) is 4.58. The van der Waals surface area contributed by atoms with Crippen LogP contribution in [0.1, 0.15) is 24.0 Å². The average Bonchev–Trinajstić information content (AvgIpc) is 2.96. The number of halogens is 1. The summed E-state index contributed by atoms with van der Waals surface area (Å²) in [6, 6.07) is 6.28. The molecule has 0 saturated carbocycles. The van der Waals surface area contributed by atoms with Crippen molar-refractivity contribution in [2.75, 3.05) is 13.6 Å². The van der Waals surface area contributed by atoms with Gasteiger partial charge in [0.2, 0.25) is 0 Å². The molecule has 19 heavy (non-hydrogen) atoms. The molecule has 0 aliphatic rings. The largest absolute Gasteiger partial charge is 0.463 e. The van der Waals surface area contributed by atoms with Gasteiger partial charge in [-0.2, -0.15) is 0 Å². The average molecular weight is 343 g/mol. The minimum absolute atomic E-state index is 0.803. The zero-order chi connectivity index (χ0) is 13.7. The van der Waals surface area contributed by atoms with E-state index in [-0.39, 0.29) is 0 Å². The van der Waals surface area contributed by atoms with E-state index in [2.05, 4.69) is 57.6 Å². The monoisotopic (exact) mass is 342 g/mol. The fourth-order valence-corrected chi connectivity index (χ4v) is 3.11. The highest BCUT2D eigenvalue weighted by Crippen LogP contribution is 2.22. The van der Waals surface area contributed by atoms with E-state index in [4.69, 9.17) is 4.42 Å². The van der Waals surface area contributed by atoms with E-state index in [1.54, 1.807) is 11.3 Å². The zero-order valence-electron chi connectivity index (χ0n) is 11.3. The van der Waals surface area contributed by atoms with Gasteiger partial charge in [-0.05, 0) is 58.7 Å². The fourth-order valence-electron chi connectivity index (χ4n) is 1.91. The molecular formula is C14H19BrN2OS. The van der Waals surface area contributed by atoms with Crippen molar-refractivity contribution in [3.63, 3.8) is 0 Å². The van der Waals surface area contributed by atoms with Crippen LogP contribution >= 0.6 is 27.3 Å². The molecule has 2 heterocycles.